The summed E-state index contributed by atoms with van der Waals surface area (Å²) in [5.41, 5.74) is 0.828. The van der Waals surface area contributed by atoms with Crippen molar-refractivity contribution in [3.05, 3.63) is 39.7 Å². The predicted molar refractivity (Wildman–Crippen MR) is 71.4 cm³/mol. The number of carboxylic acids is 1. The van der Waals surface area contributed by atoms with Gasteiger partial charge >= 0.3 is 5.97 Å². The maximum atomic E-state index is 11.2. The van der Waals surface area contributed by atoms with Crippen LogP contribution in [0.25, 0.3) is 0 Å². The Morgan fingerprint density at radius 2 is 2.17 bits per heavy atom. The number of carbonyl (C=O) groups is 1. The van der Waals surface area contributed by atoms with Crippen molar-refractivity contribution in [3.8, 4) is 0 Å². The first-order valence-corrected chi connectivity index (χ1v) is 7.58. The zero-order chi connectivity index (χ0) is 13.3. The van der Waals surface area contributed by atoms with E-state index in [1.807, 2.05) is 0 Å². The minimum absolute atomic E-state index is 0.0191. The van der Waals surface area contributed by atoms with Gasteiger partial charge in [-0.2, -0.15) is 0 Å². The van der Waals surface area contributed by atoms with Crippen molar-refractivity contribution in [2.24, 2.45) is 0 Å². The van der Waals surface area contributed by atoms with Crippen molar-refractivity contribution < 1.29 is 18.3 Å². The van der Waals surface area contributed by atoms with Crippen LogP contribution in [0.3, 0.4) is 0 Å². The van der Waals surface area contributed by atoms with Gasteiger partial charge in [-0.15, -0.1) is 0 Å². The molecule has 18 heavy (non-hydrogen) atoms. The first-order chi connectivity index (χ1) is 8.37. The number of halogens is 1. The van der Waals surface area contributed by atoms with Crippen LogP contribution >= 0.6 is 15.9 Å². The summed E-state index contributed by atoms with van der Waals surface area (Å²) in [5, 5.41) is 13.1. The zero-order valence-electron chi connectivity index (χ0n) is 9.13. The Morgan fingerprint density at radius 1 is 1.44 bits per heavy atom. The second-order valence-electron chi connectivity index (χ2n) is 3.91. The van der Waals surface area contributed by atoms with E-state index in [0.717, 1.165) is 0 Å². The normalized spacial score (nSPS) is 20.8. The molecule has 2 N–H and O–H groups in total. The molecule has 0 fully saturated rings. The van der Waals surface area contributed by atoms with Gasteiger partial charge in [0, 0.05) is 15.6 Å². The molecular weight excluding hydrogens is 322 g/mol. The average molecular weight is 332 g/mol. The first kappa shape index (κ1) is 13.1. The molecule has 1 aliphatic heterocycles. The van der Waals surface area contributed by atoms with Crippen LogP contribution in [0.2, 0.25) is 0 Å². The van der Waals surface area contributed by atoms with E-state index in [0.29, 0.717) is 10.2 Å². The fourth-order valence-corrected chi connectivity index (χ4v) is 3.44. The molecule has 2 rings (SSSR count). The third kappa shape index (κ3) is 2.91. The van der Waals surface area contributed by atoms with E-state index in [1.54, 1.807) is 18.2 Å². The van der Waals surface area contributed by atoms with Crippen molar-refractivity contribution in [2.45, 2.75) is 6.04 Å². The molecule has 0 radical (unpaired) electrons. The molecule has 1 atom stereocenters. The summed E-state index contributed by atoms with van der Waals surface area (Å²) in [5.74, 6) is -0.998. The van der Waals surface area contributed by atoms with Crippen LogP contribution in [0.4, 0.5) is 5.69 Å². The summed E-state index contributed by atoms with van der Waals surface area (Å²) < 4.78 is 22.9. The van der Waals surface area contributed by atoms with Crippen molar-refractivity contribution in [2.75, 3.05) is 11.1 Å². The van der Waals surface area contributed by atoms with Gasteiger partial charge in [-0.3, -0.25) is 0 Å². The Balaban J connectivity index is 2.15. The number of anilines is 1. The lowest BCUT2D eigenvalue weighted by Gasteiger charge is -2.12. The Morgan fingerprint density at radius 3 is 2.67 bits per heavy atom. The molecule has 1 aliphatic rings. The van der Waals surface area contributed by atoms with Gasteiger partial charge in [-0.05, 0) is 34.1 Å². The first-order valence-electron chi connectivity index (χ1n) is 5.08. The highest BCUT2D eigenvalue weighted by atomic mass is 79.9. The standard InChI is InChI=1S/C11H10BrNO4S/c12-10-5-7(1-2-9(10)11(14)15)13-8-3-4-18(16,17)6-8/h1-5,8,13H,6H2,(H,14,15). The maximum Gasteiger partial charge on any atom is 0.336 e. The fourth-order valence-electron chi connectivity index (χ4n) is 1.66. The number of nitrogens with one attached hydrogen (secondary N) is 1. The number of hydrogen-bond acceptors (Lipinski definition) is 4. The summed E-state index contributed by atoms with van der Waals surface area (Å²) in [4.78, 5) is 10.8. The minimum Gasteiger partial charge on any atom is -0.478 e. The molecule has 0 spiro atoms. The average Bonchev–Trinajstić information content (AvgIpc) is 2.57. The summed E-state index contributed by atoms with van der Waals surface area (Å²) in [6, 6.07) is 4.40. The van der Waals surface area contributed by atoms with Gasteiger partial charge in [0.1, 0.15) is 0 Å². The molecule has 1 heterocycles. The molecular formula is C11H10BrNO4S. The van der Waals surface area contributed by atoms with Crippen LogP contribution in [-0.4, -0.2) is 31.3 Å². The molecule has 5 nitrogen and oxygen atoms in total. The lowest BCUT2D eigenvalue weighted by Crippen LogP contribution is -2.20. The summed E-state index contributed by atoms with van der Waals surface area (Å²) in [6.45, 7) is 0. The van der Waals surface area contributed by atoms with Crippen LogP contribution in [0.15, 0.2) is 34.2 Å². The number of hydrogen-bond donors (Lipinski definition) is 2. The highest BCUT2D eigenvalue weighted by Crippen LogP contribution is 2.23. The molecule has 0 bridgehead atoms. The topological polar surface area (TPSA) is 83.5 Å². The SMILES string of the molecule is O=C(O)c1ccc(NC2C=CS(=O)(=O)C2)cc1Br. The number of benzene rings is 1. The van der Waals surface area contributed by atoms with Gasteiger partial charge in [0.25, 0.3) is 0 Å². The van der Waals surface area contributed by atoms with Crippen molar-refractivity contribution >= 4 is 37.4 Å². The van der Waals surface area contributed by atoms with Crippen LogP contribution in [0.5, 0.6) is 0 Å². The van der Waals surface area contributed by atoms with Gasteiger partial charge in [0.15, 0.2) is 9.84 Å². The Labute approximate surface area is 113 Å². The molecule has 1 aromatic rings. The molecule has 0 aliphatic carbocycles. The lowest BCUT2D eigenvalue weighted by atomic mass is 10.2. The smallest absolute Gasteiger partial charge is 0.336 e. The van der Waals surface area contributed by atoms with Crippen molar-refractivity contribution in [3.63, 3.8) is 0 Å². The highest BCUT2D eigenvalue weighted by molar-refractivity contribution is 9.10. The zero-order valence-corrected chi connectivity index (χ0v) is 11.5. The van der Waals surface area contributed by atoms with Gasteiger partial charge in [0.2, 0.25) is 0 Å². The van der Waals surface area contributed by atoms with Crippen LogP contribution in [0, 0.1) is 0 Å². The van der Waals surface area contributed by atoms with E-state index in [-0.39, 0.29) is 17.4 Å². The molecule has 1 unspecified atom stereocenters. The second-order valence-corrected chi connectivity index (χ2v) is 6.69. The minimum atomic E-state index is -3.10. The van der Waals surface area contributed by atoms with E-state index < -0.39 is 15.8 Å². The van der Waals surface area contributed by atoms with Crippen molar-refractivity contribution in [1.82, 2.24) is 0 Å². The number of aromatic carboxylic acids is 1. The number of rotatable bonds is 3. The monoisotopic (exact) mass is 331 g/mol. The van der Waals surface area contributed by atoms with Gasteiger partial charge < -0.3 is 10.4 Å². The van der Waals surface area contributed by atoms with Crippen molar-refractivity contribution in [1.29, 1.82) is 0 Å². The van der Waals surface area contributed by atoms with E-state index in [2.05, 4.69) is 21.2 Å². The predicted octanol–water partition coefficient (Wildman–Crippen LogP) is 1.87. The molecule has 0 saturated heterocycles. The maximum absolute atomic E-state index is 11.2. The Hall–Kier alpha value is -1.34. The molecule has 96 valence electrons. The molecule has 7 heteroatoms. The quantitative estimate of drug-likeness (QED) is 0.883. The third-order valence-corrected chi connectivity index (χ3v) is 4.53. The highest BCUT2D eigenvalue weighted by Gasteiger charge is 2.21. The largest absolute Gasteiger partial charge is 0.478 e. The number of carboxylic acid groups (broad SMARTS) is 1. The molecule has 0 amide bonds. The Bertz CT molecular complexity index is 624. The molecule has 0 saturated carbocycles. The van der Waals surface area contributed by atoms with Gasteiger partial charge in [-0.1, -0.05) is 6.08 Å². The fraction of sp³-hybridized carbons (Fsp3) is 0.182. The number of sulfone groups is 1. The van der Waals surface area contributed by atoms with Crippen LogP contribution in [0.1, 0.15) is 10.4 Å². The third-order valence-electron chi connectivity index (χ3n) is 2.48. The summed E-state index contributed by atoms with van der Waals surface area (Å²) >= 11 is 3.16. The van der Waals surface area contributed by atoms with Gasteiger partial charge in [-0.25, -0.2) is 13.2 Å². The van der Waals surface area contributed by atoms with E-state index in [4.69, 9.17) is 5.11 Å². The van der Waals surface area contributed by atoms with E-state index >= 15 is 0 Å². The molecule has 0 aromatic heterocycles. The summed E-state index contributed by atoms with van der Waals surface area (Å²) in [6.07, 6.45) is 1.58. The lowest BCUT2D eigenvalue weighted by molar-refractivity contribution is 0.0696. The molecule has 1 aromatic carbocycles. The second kappa shape index (κ2) is 4.74. The van der Waals surface area contributed by atoms with Crippen LogP contribution in [-0.2, 0) is 9.84 Å². The summed E-state index contributed by atoms with van der Waals surface area (Å²) in [7, 11) is -3.10. The Kier molecular flexibility index (Phi) is 3.45. The van der Waals surface area contributed by atoms with Crippen LogP contribution < -0.4 is 5.32 Å². The van der Waals surface area contributed by atoms with E-state index in [9.17, 15) is 13.2 Å². The van der Waals surface area contributed by atoms with Gasteiger partial charge in [0.05, 0.1) is 17.4 Å². The van der Waals surface area contributed by atoms with E-state index in [1.165, 1.54) is 11.5 Å².